The van der Waals surface area contributed by atoms with Crippen molar-refractivity contribution in [2.75, 3.05) is 13.7 Å². The SMILES string of the molecule is COc1ccc(CC(=O)NCCc2nc(-c3cccs3)no2)cc1. The number of benzene rings is 1. The molecule has 0 saturated heterocycles. The number of amides is 1. The van der Waals surface area contributed by atoms with Gasteiger partial charge in [-0.15, -0.1) is 11.3 Å². The Labute approximate surface area is 143 Å². The number of ether oxygens (including phenoxy) is 1. The number of nitrogens with one attached hydrogen (secondary N) is 1. The zero-order chi connectivity index (χ0) is 16.8. The van der Waals surface area contributed by atoms with Crippen LogP contribution in [0.1, 0.15) is 11.5 Å². The lowest BCUT2D eigenvalue weighted by atomic mass is 10.1. The molecule has 124 valence electrons. The number of carbonyl (C=O) groups is 1. The lowest BCUT2D eigenvalue weighted by Crippen LogP contribution is -2.27. The van der Waals surface area contributed by atoms with Gasteiger partial charge in [-0.1, -0.05) is 23.4 Å². The molecule has 3 rings (SSSR count). The predicted octanol–water partition coefficient (Wildman–Crippen LogP) is 2.71. The molecular weight excluding hydrogens is 326 g/mol. The zero-order valence-electron chi connectivity index (χ0n) is 13.2. The van der Waals surface area contributed by atoms with E-state index in [1.54, 1.807) is 18.4 Å². The first-order valence-electron chi connectivity index (χ1n) is 7.50. The maximum Gasteiger partial charge on any atom is 0.228 e. The second kappa shape index (κ2) is 7.74. The summed E-state index contributed by atoms with van der Waals surface area (Å²) in [7, 11) is 1.61. The molecule has 0 aliphatic heterocycles. The van der Waals surface area contributed by atoms with Crippen molar-refractivity contribution in [1.29, 1.82) is 0 Å². The number of thiophene rings is 1. The Balaban J connectivity index is 1.45. The van der Waals surface area contributed by atoms with E-state index in [1.165, 1.54) is 0 Å². The van der Waals surface area contributed by atoms with Gasteiger partial charge in [-0.2, -0.15) is 4.98 Å². The normalized spacial score (nSPS) is 10.5. The van der Waals surface area contributed by atoms with Crippen LogP contribution >= 0.6 is 11.3 Å². The van der Waals surface area contributed by atoms with Crippen molar-refractivity contribution >= 4 is 17.2 Å². The second-order valence-electron chi connectivity index (χ2n) is 5.11. The summed E-state index contributed by atoms with van der Waals surface area (Å²) < 4.78 is 10.3. The van der Waals surface area contributed by atoms with Gasteiger partial charge in [0.2, 0.25) is 17.6 Å². The Kier molecular flexibility index (Phi) is 5.22. The smallest absolute Gasteiger partial charge is 0.228 e. The minimum atomic E-state index is -0.0434. The molecule has 24 heavy (non-hydrogen) atoms. The number of rotatable bonds is 7. The van der Waals surface area contributed by atoms with E-state index in [9.17, 15) is 4.79 Å². The van der Waals surface area contributed by atoms with Gasteiger partial charge in [0.1, 0.15) is 5.75 Å². The third-order valence-corrected chi connectivity index (χ3v) is 4.26. The molecule has 1 aromatic carbocycles. The molecule has 0 atom stereocenters. The van der Waals surface area contributed by atoms with Crippen LogP contribution < -0.4 is 10.1 Å². The van der Waals surface area contributed by atoms with Crippen LogP contribution in [0.5, 0.6) is 5.75 Å². The summed E-state index contributed by atoms with van der Waals surface area (Å²) in [4.78, 5) is 17.2. The van der Waals surface area contributed by atoms with E-state index < -0.39 is 0 Å². The van der Waals surface area contributed by atoms with Crippen LogP contribution in [0, 0.1) is 0 Å². The van der Waals surface area contributed by atoms with Crippen LogP contribution in [0.4, 0.5) is 0 Å². The lowest BCUT2D eigenvalue weighted by Gasteiger charge is -2.05. The zero-order valence-corrected chi connectivity index (χ0v) is 14.0. The molecule has 7 heteroatoms. The second-order valence-corrected chi connectivity index (χ2v) is 6.06. The summed E-state index contributed by atoms with van der Waals surface area (Å²) in [5.41, 5.74) is 0.936. The highest BCUT2D eigenvalue weighted by Crippen LogP contribution is 2.21. The van der Waals surface area contributed by atoms with Gasteiger partial charge in [-0.05, 0) is 29.1 Å². The van der Waals surface area contributed by atoms with E-state index in [0.29, 0.717) is 31.1 Å². The average Bonchev–Trinajstić information content (AvgIpc) is 3.27. The molecule has 0 bridgehead atoms. The van der Waals surface area contributed by atoms with Crippen LogP contribution in [0.15, 0.2) is 46.3 Å². The molecule has 0 saturated carbocycles. The monoisotopic (exact) mass is 343 g/mol. The van der Waals surface area contributed by atoms with Gasteiger partial charge in [0, 0.05) is 13.0 Å². The first kappa shape index (κ1) is 16.2. The van der Waals surface area contributed by atoms with Crippen molar-refractivity contribution < 1.29 is 14.1 Å². The molecule has 1 amide bonds. The number of aromatic nitrogens is 2. The van der Waals surface area contributed by atoms with E-state index in [-0.39, 0.29) is 5.91 Å². The van der Waals surface area contributed by atoms with E-state index >= 15 is 0 Å². The van der Waals surface area contributed by atoms with Crippen molar-refractivity contribution in [1.82, 2.24) is 15.5 Å². The highest BCUT2D eigenvalue weighted by Gasteiger charge is 2.10. The molecule has 0 aliphatic carbocycles. The molecule has 0 radical (unpaired) electrons. The topological polar surface area (TPSA) is 77.2 Å². The van der Waals surface area contributed by atoms with Crippen LogP contribution in [-0.4, -0.2) is 29.7 Å². The van der Waals surface area contributed by atoms with Crippen molar-refractivity contribution in [2.45, 2.75) is 12.8 Å². The third kappa shape index (κ3) is 4.20. The van der Waals surface area contributed by atoms with Crippen molar-refractivity contribution in [3.63, 3.8) is 0 Å². The Morgan fingerprint density at radius 1 is 1.29 bits per heavy atom. The molecule has 0 unspecified atom stereocenters. The largest absolute Gasteiger partial charge is 0.497 e. The van der Waals surface area contributed by atoms with Gasteiger partial charge < -0.3 is 14.6 Å². The maximum absolute atomic E-state index is 11.9. The summed E-state index contributed by atoms with van der Waals surface area (Å²) in [6.45, 7) is 0.459. The lowest BCUT2D eigenvalue weighted by molar-refractivity contribution is -0.120. The first-order valence-corrected chi connectivity index (χ1v) is 8.38. The van der Waals surface area contributed by atoms with E-state index in [2.05, 4.69) is 15.5 Å². The number of hydrogen-bond donors (Lipinski definition) is 1. The predicted molar refractivity (Wildman–Crippen MR) is 91.0 cm³/mol. The minimum Gasteiger partial charge on any atom is -0.497 e. The van der Waals surface area contributed by atoms with Crippen molar-refractivity contribution in [3.8, 4) is 16.5 Å². The van der Waals surface area contributed by atoms with Gasteiger partial charge in [-0.25, -0.2) is 0 Å². The van der Waals surface area contributed by atoms with E-state index in [1.807, 2.05) is 41.8 Å². The number of nitrogens with zero attached hydrogens (tertiary/aromatic N) is 2. The average molecular weight is 343 g/mol. The first-order chi connectivity index (χ1) is 11.7. The van der Waals surface area contributed by atoms with Gasteiger partial charge in [0.05, 0.1) is 18.4 Å². The molecule has 0 spiro atoms. The molecule has 0 fully saturated rings. The molecular formula is C17H17N3O3S. The van der Waals surface area contributed by atoms with Crippen LogP contribution in [-0.2, 0) is 17.6 Å². The molecule has 6 nitrogen and oxygen atoms in total. The fourth-order valence-corrected chi connectivity index (χ4v) is 2.81. The van der Waals surface area contributed by atoms with Crippen LogP contribution in [0.2, 0.25) is 0 Å². The minimum absolute atomic E-state index is 0.0434. The highest BCUT2D eigenvalue weighted by atomic mass is 32.1. The Morgan fingerprint density at radius 2 is 2.12 bits per heavy atom. The van der Waals surface area contributed by atoms with Crippen LogP contribution in [0.25, 0.3) is 10.7 Å². The summed E-state index contributed by atoms with van der Waals surface area (Å²) >= 11 is 1.56. The quantitative estimate of drug-likeness (QED) is 0.714. The Morgan fingerprint density at radius 3 is 2.83 bits per heavy atom. The molecule has 2 heterocycles. The van der Waals surface area contributed by atoms with Crippen LogP contribution in [0.3, 0.4) is 0 Å². The standard InChI is InChI=1S/C17H17N3O3S/c1-22-13-6-4-12(5-7-13)11-15(21)18-9-8-16-19-17(20-23-16)14-3-2-10-24-14/h2-7,10H,8-9,11H2,1H3,(H,18,21). The summed E-state index contributed by atoms with van der Waals surface area (Å²) in [6, 6.07) is 11.3. The van der Waals surface area contributed by atoms with Gasteiger partial charge in [-0.3, -0.25) is 4.79 Å². The van der Waals surface area contributed by atoms with Gasteiger partial charge in [0.15, 0.2) is 0 Å². The van der Waals surface area contributed by atoms with Crippen molar-refractivity contribution in [3.05, 3.63) is 53.2 Å². The fraction of sp³-hybridized carbons (Fsp3) is 0.235. The Hall–Kier alpha value is -2.67. The molecule has 3 aromatic rings. The highest BCUT2D eigenvalue weighted by molar-refractivity contribution is 7.13. The number of hydrogen-bond acceptors (Lipinski definition) is 6. The summed E-state index contributed by atoms with van der Waals surface area (Å²) in [5, 5.41) is 8.76. The third-order valence-electron chi connectivity index (χ3n) is 3.39. The molecule has 2 aromatic heterocycles. The maximum atomic E-state index is 11.9. The molecule has 0 aliphatic rings. The van der Waals surface area contributed by atoms with E-state index in [0.717, 1.165) is 16.2 Å². The Bertz CT molecular complexity index is 782. The summed E-state index contributed by atoms with van der Waals surface area (Å²) in [5.74, 6) is 1.84. The number of carbonyl (C=O) groups excluding carboxylic acids is 1. The van der Waals surface area contributed by atoms with Crippen molar-refractivity contribution in [2.24, 2.45) is 0 Å². The number of methoxy groups -OCH3 is 1. The fourth-order valence-electron chi connectivity index (χ4n) is 2.16. The van der Waals surface area contributed by atoms with Gasteiger partial charge in [0.25, 0.3) is 0 Å². The van der Waals surface area contributed by atoms with E-state index in [4.69, 9.17) is 9.26 Å². The van der Waals surface area contributed by atoms with Gasteiger partial charge >= 0.3 is 0 Å². The summed E-state index contributed by atoms with van der Waals surface area (Å²) in [6.07, 6.45) is 0.834. The molecule has 1 N–H and O–H groups in total.